The molecule has 0 saturated carbocycles. The third-order valence-corrected chi connectivity index (χ3v) is 4.29. The van der Waals surface area contributed by atoms with Crippen molar-refractivity contribution in [3.05, 3.63) is 29.8 Å². The molecule has 0 spiro atoms. The van der Waals surface area contributed by atoms with Crippen LogP contribution >= 0.6 is 24.0 Å². The highest BCUT2D eigenvalue weighted by atomic mass is 127. The lowest BCUT2D eigenvalue weighted by molar-refractivity contribution is -0.117. The van der Waals surface area contributed by atoms with E-state index in [4.69, 9.17) is 4.74 Å². The Bertz CT molecular complexity index is 605. The number of hydrogen-bond donors (Lipinski definition) is 2. The van der Waals surface area contributed by atoms with Crippen molar-refractivity contribution in [2.45, 2.75) is 46.6 Å². The summed E-state index contributed by atoms with van der Waals surface area (Å²) >= 11 is 0. The summed E-state index contributed by atoms with van der Waals surface area (Å²) in [6.45, 7) is 11.0. The highest BCUT2D eigenvalue weighted by molar-refractivity contribution is 14.0. The number of rotatable bonds is 10. The zero-order valence-electron chi connectivity index (χ0n) is 17.4. The first-order valence-electron chi connectivity index (χ1n) is 10.1. The Kier molecular flexibility index (Phi) is 12.1. The van der Waals surface area contributed by atoms with Crippen LogP contribution in [-0.2, 0) is 16.1 Å². The Balaban J connectivity index is 0.00000392. The monoisotopic (exact) mass is 502 g/mol. The second kappa shape index (κ2) is 13.8. The number of hydrogen-bond acceptors (Lipinski definition) is 3. The second-order valence-corrected chi connectivity index (χ2v) is 7.26. The minimum atomic E-state index is 0. The zero-order chi connectivity index (χ0) is 19.5. The molecule has 158 valence electrons. The number of nitrogens with one attached hydrogen (secondary N) is 2. The Hall–Kier alpha value is -1.35. The number of aliphatic imine (C=N–C) groups is 1. The lowest BCUT2D eigenvalue weighted by Crippen LogP contribution is -2.38. The van der Waals surface area contributed by atoms with Gasteiger partial charge in [0.1, 0.15) is 0 Å². The summed E-state index contributed by atoms with van der Waals surface area (Å²) in [6, 6.07) is 8.13. The van der Waals surface area contributed by atoms with Crippen molar-refractivity contribution in [2.24, 2.45) is 10.9 Å². The van der Waals surface area contributed by atoms with Gasteiger partial charge >= 0.3 is 0 Å². The predicted molar refractivity (Wildman–Crippen MR) is 127 cm³/mol. The summed E-state index contributed by atoms with van der Waals surface area (Å²) in [6.07, 6.45) is 2.56. The van der Waals surface area contributed by atoms with Crippen LogP contribution in [0, 0.1) is 5.92 Å². The standard InChI is InChI=1S/C21H34N4O2.HI/c1-4-22-21(23-12-6-14-27-16-17(2)3)24-15-18-8-10-19(11-9-18)25-13-5-7-20(25)26;/h8-11,17H,4-7,12-16H2,1-3H3,(H2,22,23,24);1H. The van der Waals surface area contributed by atoms with E-state index in [2.05, 4.69) is 36.4 Å². The second-order valence-electron chi connectivity index (χ2n) is 7.26. The van der Waals surface area contributed by atoms with Gasteiger partial charge in [-0.25, -0.2) is 4.99 Å². The van der Waals surface area contributed by atoms with Crippen LogP contribution in [0.2, 0.25) is 0 Å². The smallest absolute Gasteiger partial charge is 0.227 e. The molecule has 0 aliphatic carbocycles. The van der Waals surface area contributed by atoms with E-state index in [0.717, 1.165) is 62.9 Å². The van der Waals surface area contributed by atoms with Gasteiger partial charge in [-0.05, 0) is 43.4 Å². The van der Waals surface area contributed by atoms with Gasteiger partial charge in [0.25, 0.3) is 0 Å². The molecule has 7 heteroatoms. The van der Waals surface area contributed by atoms with E-state index in [9.17, 15) is 4.79 Å². The van der Waals surface area contributed by atoms with Crippen molar-refractivity contribution in [3.63, 3.8) is 0 Å². The molecule has 2 N–H and O–H groups in total. The van der Waals surface area contributed by atoms with Gasteiger partial charge in [-0.15, -0.1) is 24.0 Å². The number of carbonyl (C=O) groups is 1. The highest BCUT2D eigenvalue weighted by Gasteiger charge is 2.21. The molecule has 1 aromatic rings. The van der Waals surface area contributed by atoms with Crippen molar-refractivity contribution in [2.75, 3.05) is 37.7 Å². The fourth-order valence-corrected chi connectivity index (χ4v) is 2.91. The maximum absolute atomic E-state index is 11.8. The van der Waals surface area contributed by atoms with Crippen molar-refractivity contribution < 1.29 is 9.53 Å². The Morgan fingerprint density at radius 1 is 1.25 bits per heavy atom. The minimum Gasteiger partial charge on any atom is -0.381 e. The molecular weight excluding hydrogens is 467 g/mol. The number of nitrogens with zero attached hydrogens (tertiary/aromatic N) is 2. The zero-order valence-corrected chi connectivity index (χ0v) is 19.7. The van der Waals surface area contributed by atoms with Gasteiger partial charge in [0.2, 0.25) is 5.91 Å². The number of amides is 1. The summed E-state index contributed by atoms with van der Waals surface area (Å²) in [5.74, 6) is 1.61. The molecule has 1 aromatic carbocycles. The van der Waals surface area contributed by atoms with E-state index >= 15 is 0 Å². The molecule has 1 fully saturated rings. The van der Waals surface area contributed by atoms with Gasteiger partial charge in [0.05, 0.1) is 6.54 Å². The van der Waals surface area contributed by atoms with E-state index < -0.39 is 0 Å². The van der Waals surface area contributed by atoms with Crippen LogP contribution in [0.1, 0.15) is 45.6 Å². The van der Waals surface area contributed by atoms with Crippen LogP contribution in [0.4, 0.5) is 5.69 Å². The maximum Gasteiger partial charge on any atom is 0.227 e. The summed E-state index contributed by atoms with van der Waals surface area (Å²) < 4.78 is 5.60. The van der Waals surface area contributed by atoms with Gasteiger partial charge in [-0.2, -0.15) is 0 Å². The summed E-state index contributed by atoms with van der Waals surface area (Å²) in [7, 11) is 0. The minimum absolute atomic E-state index is 0. The number of carbonyl (C=O) groups excluding carboxylic acids is 1. The lowest BCUT2D eigenvalue weighted by Gasteiger charge is -2.16. The number of benzene rings is 1. The average Bonchev–Trinajstić information content (AvgIpc) is 3.08. The largest absolute Gasteiger partial charge is 0.381 e. The van der Waals surface area contributed by atoms with Crippen LogP contribution in [0.5, 0.6) is 0 Å². The molecular formula is C21H35IN4O2. The predicted octanol–water partition coefficient (Wildman–Crippen LogP) is 3.55. The van der Waals surface area contributed by atoms with Gasteiger partial charge in [0.15, 0.2) is 5.96 Å². The molecule has 1 aliphatic rings. The van der Waals surface area contributed by atoms with Crippen molar-refractivity contribution in [1.82, 2.24) is 10.6 Å². The molecule has 1 saturated heterocycles. The first-order chi connectivity index (χ1) is 13.1. The molecule has 0 bridgehead atoms. The van der Waals surface area contributed by atoms with Crippen LogP contribution in [-0.4, -0.2) is 44.7 Å². The van der Waals surface area contributed by atoms with Crippen LogP contribution in [0.15, 0.2) is 29.3 Å². The first-order valence-corrected chi connectivity index (χ1v) is 10.1. The van der Waals surface area contributed by atoms with Crippen LogP contribution in [0.3, 0.4) is 0 Å². The van der Waals surface area contributed by atoms with Crippen molar-refractivity contribution >= 4 is 41.5 Å². The summed E-state index contributed by atoms with van der Waals surface area (Å²) in [5.41, 5.74) is 2.11. The molecule has 6 nitrogen and oxygen atoms in total. The quantitative estimate of drug-likeness (QED) is 0.222. The molecule has 1 heterocycles. The third-order valence-electron chi connectivity index (χ3n) is 4.29. The highest BCUT2D eigenvalue weighted by Crippen LogP contribution is 2.21. The normalized spacial score (nSPS) is 14.4. The van der Waals surface area contributed by atoms with Gasteiger partial charge in [-0.1, -0.05) is 26.0 Å². The Morgan fingerprint density at radius 2 is 2.00 bits per heavy atom. The molecule has 0 unspecified atom stereocenters. The summed E-state index contributed by atoms with van der Waals surface area (Å²) in [4.78, 5) is 18.3. The van der Waals surface area contributed by atoms with Crippen molar-refractivity contribution in [3.8, 4) is 0 Å². The van der Waals surface area contributed by atoms with E-state index in [-0.39, 0.29) is 29.9 Å². The first kappa shape index (κ1) is 24.7. The van der Waals surface area contributed by atoms with Crippen LogP contribution < -0.4 is 15.5 Å². The van der Waals surface area contributed by atoms with Gasteiger partial charge in [-0.3, -0.25) is 4.79 Å². The molecule has 28 heavy (non-hydrogen) atoms. The molecule has 0 atom stereocenters. The maximum atomic E-state index is 11.8. The topological polar surface area (TPSA) is 66.0 Å². The third kappa shape index (κ3) is 8.77. The average molecular weight is 502 g/mol. The molecule has 0 aromatic heterocycles. The Labute approximate surface area is 186 Å². The molecule has 0 radical (unpaired) electrons. The number of guanidine groups is 1. The van der Waals surface area contributed by atoms with E-state index in [1.807, 2.05) is 29.2 Å². The fourth-order valence-electron chi connectivity index (χ4n) is 2.91. The van der Waals surface area contributed by atoms with Crippen LogP contribution in [0.25, 0.3) is 0 Å². The number of ether oxygens (including phenoxy) is 1. The SMILES string of the molecule is CCNC(=NCc1ccc(N2CCCC2=O)cc1)NCCCOCC(C)C.I. The molecule has 1 amide bonds. The molecule has 2 rings (SSSR count). The number of anilines is 1. The van der Waals surface area contributed by atoms with Gasteiger partial charge < -0.3 is 20.3 Å². The number of halogens is 1. The van der Waals surface area contributed by atoms with E-state index in [1.54, 1.807) is 0 Å². The van der Waals surface area contributed by atoms with Gasteiger partial charge in [0, 0.05) is 45.0 Å². The van der Waals surface area contributed by atoms with E-state index in [1.165, 1.54) is 0 Å². The van der Waals surface area contributed by atoms with Crippen molar-refractivity contribution in [1.29, 1.82) is 0 Å². The summed E-state index contributed by atoms with van der Waals surface area (Å²) in [5, 5.41) is 6.62. The fraction of sp³-hybridized carbons (Fsp3) is 0.619. The Morgan fingerprint density at radius 3 is 2.61 bits per heavy atom. The van der Waals surface area contributed by atoms with E-state index in [0.29, 0.717) is 18.9 Å². The molecule has 1 aliphatic heterocycles. The lowest BCUT2D eigenvalue weighted by atomic mass is 10.2.